The summed E-state index contributed by atoms with van der Waals surface area (Å²) in [6, 6.07) is 9.68. The van der Waals surface area contributed by atoms with Crippen molar-refractivity contribution < 1.29 is 9.53 Å². The summed E-state index contributed by atoms with van der Waals surface area (Å²) in [4.78, 5) is 19.3. The van der Waals surface area contributed by atoms with Gasteiger partial charge < -0.3 is 4.74 Å². The fraction of sp³-hybridized carbons (Fsp3) is 0.444. The zero-order chi connectivity index (χ0) is 16.1. The van der Waals surface area contributed by atoms with E-state index in [0.29, 0.717) is 13.0 Å². The quantitative estimate of drug-likeness (QED) is 0.764. The standard InChI is InChI=1S/C18H22N2O2S/c1-14-19-16(13-23-14)7-8-20-9-10-22-12-17(20)11-18(21)15-5-3-2-4-6-15/h2-6,13,17H,7-12H2,1H3. The number of aromatic nitrogens is 1. The Kier molecular flexibility index (Phi) is 5.54. The molecule has 0 aliphatic carbocycles. The van der Waals surface area contributed by atoms with Gasteiger partial charge in [0.15, 0.2) is 5.78 Å². The van der Waals surface area contributed by atoms with Crippen molar-refractivity contribution in [2.75, 3.05) is 26.3 Å². The Hall–Kier alpha value is -1.56. The molecule has 1 aromatic heterocycles. The molecule has 1 atom stereocenters. The van der Waals surface area contributed by atoms with E-state index in [2.05, 4.69) is 15.3 Å². The molecule has 3 rings (SSSR count). The van der Waals surface area contributed by atoms with Gasteiger partial charge in [-0.3, -0.25) is 9.69 Å². The maximum absolute atomic E-state index is 12.4. The molecule has 23 heavy (non-hydrogen) atoms. The Bertz CT molecular complexity index is 641. The Morgan fingerprint density at radius 2 is 2.22 bits per heavy atom. The number of carbonyl (C=O) groups is 1. The summed E-state index contributed by atoms with van der Waals surface area (Å²) in [5.41, 5.74) is 1.93. The molecule has 1 aliphatic heterocycles. The molecule has 0 spiro atoms. The van der Waals surface area contributed by atoms with Gasteiger partial charge in [-0.05, 0) is 6.92 Å². The van der Waals surface area contributed by atoms with Gasteiger partial charge >= 0.3 is 0 Å². The van der Waals surface area contributed by atoms with Crippen LogP contribution < -0.4 is 0 Å². The minimum atomic E-state index is 0.163. The highest BCUT2D eigenvalue weighted by molar-refractivity contribution is 7.09. The van der Waals surface area contributed by atoms with Crippen molar-refractivity contribution in [3.8, 4) is 0 Å². The lowest BCUT2D eigenvalue weighted by atomic mass is 10.0. The molecular weight excluding hydrogens is 308 g/mol. The largest absolute Gasteiger partial charge is 0.378 e. The lowest BCUT2D eigenvalue weighted by molar-refractivity contribution is -0.00803. The summed E-state index contributed by atoms with van der Waals surface area (Å²) >= 11 is 1.69. The number of rotatable bonds is 6. The molecule has 0 amide bonds. The molecular formula is C18H22N2O2S. The number of carbonyl (C=O) groups excluding carboxylic acids is 1. The second kappa shape index (κ2) is 7.81. The smallest absolute Gasteiger partial charge is 0.164 e. The highest BCUT2D eigenvalue weighted by atomic mass is 32.1. The summed E-state index contributed by atoms with van der Waals surface area (Å²) < 4.78 is 5.60. The molecule has 1 fully saturated rings. The molecule has 4 nitrogen and oxygen atoms in total. The summed E-state index contributed by atoms with van der Waals surface area (Å²) in [6.07, 6.45) is 1.44. The SMILES string of the molecule is Cc1nc(CCN2CCOCC2CC(=O)c2ccccc2)cs1. The molecule has 1 saturated heterocycles. The Labute approximate surface area is 141 Å². The van der Waals surface area contributed by atoms with E-state index in [1.54, 1.807) is 11.3 Å². The van der Waals surface area contributed by atoms with Gasteiger partial charge in [-0.25, -0.2) is 4.98 Å². The highest BCUT2D eigenvalue weighted by Gasteiger charge is 2.25. The predicted octanol–water partition coefficient (Wildman–Crippen LogP) is 2.97. The number of thiazole rings is 1. The first-order chi connectivity index (χ1) is 11.2. The van der Waals surface area contributed by atoms with Crippen LogP contribution in [0, 0.1) is 6.92 Å². The van der Waals surface area contributed by atoms with Crippen molar-refractivity contribution >= 4 is 17.1 Å². The molecule has 1 aliphatic rings. The van der Waals surface area contributed by atoms with Crippen molar-refractivity contribution in [3.05, 3.63) is 52.0 Å². The van der Waals surface area contributed by atoms with Gasteiger partial charge in [0.25, 0.3) is 0 Å². The Morgan fingerprint density at radius 3 is 2.96 bits per heavy atom. The Morgan fingerprint density at radius 1 is 1.39 bits per heavy atom. The number of Topliss-reactive ketones (excluding diaryl/α,β-unsaturated/α-hetero) is 1. The number of nitrogens with zero attached hydrogens (tertiary/aromatic N) is 2. The van der Waals surface area contributed by atoms with E-state index in [-0.39, 0.29) is 11.8 Å². The minimum absolute atomic E-state index is 0.163. The van der Waals surface area contributed by atoms with Crippen LogP contribution in [-0.4, -0.2) is 48.0 Å². The third kappa shape index (κ3) is 4.47. The molecule has 5 heteroatoms. The zero-order valence-corrected chi connectivity index (χ0v) is 14.2. The molecule has 1 aromatic carbocycles. The van der Waals surface area contributed by atoms with Gasteiger partial charge in [-0.2, -0.15) is 0 Å². The van der Waals surface area contributed by atoms with Crippen molar-refractivity contribution in [3.63, 3.8) is 0 Å². The second-order valence-corrected chi connectivity index (χ2v) is 6.93. The second-order valence-electron chi connectivity index (χ2n) is 5.87. The minimum Gasteiger partial charge on any atom is -0.378 e. The number of benzene rings is 1. The molecule has 0 N–H and O–H groups in total. The predicted molar refractivity (Wildman–Crippen MR) is 92.1 cm³/mol. The van der Waals surface area contributed by atoms with Gasteiger partial charge in [0, 0.05) is 42.9 Å². The van der Waals surface area contributed by atoms with Crippen LogP contribution in [0.2, 0.25) is 0 Å². The average Bonchev–Trinajstić information content (AvgIpc) is 3.00. The van der Waals surface area contributed by atoms with Crippen LogP contribution in [0.1, 0.15) is 27.5 Å². The molecule has 0 bridgehead atoms. The number of ether oxygens (including phenoxy) is 1. The molecule has 1 unspecified atom stereocenters. The van der Waals surface area contributed by atoms with Crippen LogP contribution in [0.25, 0.3) is 0 Å². The first-order valence-electron chi connectivity index (χ1n) is 8.03. The summed E-state index contributed by atoms with van der Waals surface area (Å²) in [7, 11) is 0. The van der Waals surface area contributed by atoms with Gasteiger partial charge in [0.05, 0.1) is 23.9 Å². The van der Waals surface area contributed by atoms with Gasteiger partial charge in [0.2, 0.25) is 0 Å². The van der Waals surface area contributed by atoms with Crippen molar-refractivity contribution in [2.24, 2.45) is 0 Å². The molecule has 2 aromatic rings. The third-order valence-electron chi connectivity index (χ3n) is 4.19. The summed E-state index contributed by atoms with van der Waals surface area (Å²) in [5, 5.41) is 3.23. The lowest BCUT2D eigenvalue weighted by Gasteiger charge is -2.35. The van der Waals surface area contributed by atoms with Gasteiger partial charge in [-0.15, -0.1) is 11.3 Å². The Balaban J connectivity index is 1.58. The number of morpholine rings is 1. The number of hydrogen-bond donors (Lipinski definition) is 0. The molecule has 0 radical (unpaired) electrons. The normalized spacial score (nSPS) is 18.9. The van der Waals surface area contributed by atoms with Crippen LogP contribution in [-0.2, 0) is 11.2 Å². The van der Waals surface area contributed by atoms with Crippen LogP contribution >= 0.6 is 11.3 Å². The third-order valence-corrected chi connectivity index (χ3v) is 5.01. The van der Waals surface area contributed by atoms with Crippen molar-refractivity contribution in [1.29, 1.82) is 0 Å². The van der Waals surface area contributed by atoms with Crippen molar-refractivity contribution in [2.45, 2.75) is 25.8 Å². The van der Waals surface area contributed by atoms with E-state index in [1.165, 1.54) is 0 Å². The maximum atomic E-state index is 12.4. The van der Waals surface area contributed by atoms with Crippen LogP contribution in [0.3, 0.4) is 0 Å². The molecule has 122 valence electrons. The molecule has 2 heterocycles. The topological polar surface area (TPSA) is 42.4 Å². The van der Waals surface area contributed by atoms with Gasteiger partial charge in [0.1, 0.15) is 0 Å². The van der Waals surface area contributed by atoms with E-state index in [9.17, 15) is 4.79 Å². The van der Waals surface area contributed by atoms with Crippen LogP contribution in [0.15, 0.2) is 35.7 Å². The summed E-state index contributed by atoms with van der Waals surface area (Å²) in [5.74, 6) is 0.190. The first-order valence-corrected chi connectivity index (χ1v) is 8.91. The van der Waals surface area contributed by atoms with E-state index >= 15 is 0 Å². The maximum Gasteiger partial charge on any atom is 0.164 e. The first kappa shape index (κ1) is 16.3. The van der Waals surface area contributed by atoms with Crippen LogP contribution in [0.5, 0.6) is 0 Å². The van der Waals surface area contributed by atoms with Gasteiger partial charge in [-0.1, -0.05) is 30.3 Å². The monoisotopic (exact) mass is 330 g/mol. The van der Waals surface area contributed by atoms with Crippen LogP contribution in [0.4, 0.5) is 0 Å². The number of aryl methyl sites for hydroxylation is 1. The van der Waals surface area contributed by atoms with E-state index in [4.69, 9.17) is 4.74 Å². The van der Waals surface area contributed by atoms with E-state index < -0.39 is 0 Å². The number of ketones is 1. The zero-order valence-electron chi connectivity index (χ0n) is 13.4. The fourth-order valence-electron chi connectivity index (χ4n) is 2.91. The average molecular weight is 330 g/mol. The fourth-order valence-corrected chi connectivity index (χ4v) is 3.56. The number of hydrogen-bond acceptors (Lipinski definition) is 5. The highest BCUT2D eigenvalue weighted by Crippen LogP contribution is 2.16. The van der Waals surface area contributed by atoms with E-state index in [1.807, 2.05) is 37.3 Å². The van der Waals surface area contributed by atoms with E-state index in [0.717, 1.165) is 42.4 Å². The van der Waals surface area contributed by atoms with Crippen molar-refractivity contribution in [1.82, 2.24) is 9.88 Å². The lowest BCUT2D eigenvalue weighted by Crippen LogP contribution is -2.47. The summed E-state index contributed by atoms with van der Waals surface area (Å²) in [6.45, 7) is 5.22. The molecule has 0 saturated carbocycles.